The number of sulfonamides is 1. The zero-order valence-electron chi connectivity index (χ0n) is 11.7. The number of halogens is 1. The maximum absolute atomic E-state index is 11.2. The van der Waals surface area contributed by atoms with Crippen LogP contribution < -0.4 is 15.4 Å². The molecule has 19 heavy (non-hydrogen) atoms. The molecule has 0 heterocycles. The lowest BCUT2D eigenvalue weighted by Gasteiger charge is -2.10. The molecule has 0 aromatic carbocycles. The second-order valence-corrected chi connectivity index (χ2v) is 6.56. The topological polar surface area (TPSA) is 82.6 Å². The van der Waals surface area contributed by atoms with E-state index in [4.69, 9.17) is 0 Å². The highest BCUT2D eigenvalue weighted by molar-refractivity contribution is 14.0. The first-order valence-electron chi connectivity index (χ1n) is 6.04. The summed E-state index contributed by atoms with van der Waals surface area (Å²) < 4.78 is 24.9. The first-order chi connectivity index (χ1) is 8.55. The molecular weight excluding hydrogens is 399 g/mol. The van der Waals surface area contributed by atoms with Crippen LogP contribution in [0.15, 0.2) is 4.99 Å². The van der Waals surface area contributed by atoms with Gasteiger partial charge in [-0.05, 0) is 20.1 Å². The number of guanidine groups is 1. The molecule has 116 valence electrons. The predicted molar refractivity (Wildman–Crippen MR) is 95.2 cm³/mol. The van der Waals surface area contributed by atoms with E-state index < -0.39 is 10.0 Å². The van der Waals surface area contributed by atoms with Gasteiger partial charge in [-0.15, -0.1) is 24.0 Å². The summed E-state index contributed by atoms with van der Waals surface area (Å²) in [5.41, 5.74) is 0. The number of hydrogen-bond donors (Lipinski definition) is 3. The molecule has 3 N–H and O–H groups in total. The Morgan fingerprint density at radius 3 is 2.42 bits per heavy atom. The predicted octanol–water partition coefficient (Wildman–Crippen LogP) is 0.462. The van der Waals surface area contributed by atoms with Gasteiger partial charge in [0.1, 0.15) is 0 Å². The fraction of sp³-hybridized carbons (Fsp3) is 0.900. The van der Waals surface area contributed by atoms with E-state index in [1.807, 2.05) is 13.2 Å². The van der Waals surface area contributed by atoms with E-state index in [0.29, 0.717) is 13.1 Å². The van der Waals surface area contributed by atoms with E-state index in [1.165, 1.54) is 0 Å². The van der Waals surface area contributed by atoms with Crippen LogP contribution in [0.2, 0.25) is 0 Å². The third-order valence-electron chi connectivity index (χ3n) is 2.03. The molecule has 6 nitrogen and oxygen atoms in total. The largest absolute Gasteiger partial charge is 0.357 e. The lowest BCUT2D eigenvalue weighted by Crippen LogP contribution is -2.39. The molecule has 0 spiro atoms. The van der Waals surface area contributed by atoms with Crippen LogP contribution in [0.3, 0.4) is 0 Å². The summed E-state index contributed by atoms with van der Waals surface area (Å²) in [4.78, 5) is 4.28. The van der Waals surface area contributed by atoms with Crippen molar-refractivity contribution in [2.45, 2.75) is 13.8 Å². The summed E-state index contributed by atoms with van der Waals surface area (Å²) in [5, 5.41) is 6.28. The molecule has 0 atom stereocenters. The van der Waals surface area contributed by atoms with E-state index in [1.54, 1.807) is 18.7 Å². The molecule has 0 unspecified atom stereocenters. The highest BCUT2D eigenvalue weighted by Gasteiger charge is 2.04. The molecule has 0 radical (unpaired) electrons. The number of thioether (sulfide) groups is 1. The molecule has 0 aromatic heterocycles. The molecule has 0 saturated heterocycles. The third kappa shape index (κ3) is 13.0. The molecule has 9 heteroatoms. The quantitative estimate of drug-likeness (QED) is 0.217. The maximum atomic E-state index is 11.2. The van der Waals surface area contributed by atoms with Crippen LogP contribution in [-0.2, 0) is 10.0 Å². The zero-order chi connectivity index (χ0) is 13.9. The van der Waals surface area contributed by atoms with Crippen molar-refractivity contribution in [3.63, 3.8) is 0 Å². The molecule has 0 bridgehead atoms. The van der Waals surface area contributed by atoms with Crippen molar-refractivity contribution in [2.24, 2.45) is 4.99 Å². The van der Waals surface area contributed by atoms with Gasteiger partial charge in [0.05, 0.1) is 12.3 Å². The first kappa shape index (κ1) is 21.6. The van der Waals surface area contributed by atoms with Crippen LogP contribution in [0.25, 0.3) is 0 Å². The lowest BCUT2D eigenvalue weighted by molar-refractivity contribution is 0.583. The Bertz CT molecular complexity index is 336. The van der Waals surface area contributed by atoms with Gasteiger partial charge in [0.25, 0.3) is 0 Å². The molecular formula is C10H25IN4O2S2. The summed E-state index contributed by atoms with van der Waals surface area (Å²) in [6.45, 7) is 5.98. The second-order valence-electron chi connectivity index (χ2n) is 3.48. The van der Waals surface area contributed by atoms with Crippen molar-refractivity contribution >= 4 is 51.7 Å². The Morgan fingerprint density at radius 2 is 1.89 bits per heavy atom. The van der Waals surface area contributed by atoms with Gasteiger partial charge < -0.3 is 10.6 Å². The van der Waals surface area contributed by atoms with Gasteiger partial charge in [0.2, 0.25) is 10.0 Å². The van der Waals surface area contributed by atoms with Gasteiger partial charge in [-0.25, -0.2) is 13.1 Å². The average molecular weight is 424 g/mol. The van der Waals surface area contributed by atoms with Gasteiger partial charge in [-0.2, -0.15) is 11.8 Å². The molecule has 0 aliphatic rings. The highest BCUT2D eigenvalue weighted by Crippen LogP contribution is 1.87. The summed E-state index contributed by atoms with van der Waals surface area (Å²) in [6.07, 6.45) is 2.05. The van der Waals surface area contributed by atoms with Gasteiger partial charge in [0, 0.05) is 25.4 Å². The molecule has 0 aliphatic heterocycles. The Kier molecular flexibility index (Phi) is 15.0. The molecule has 0 aliphatic carbocycles. The minimum atomic E-state index is -3.11. The number of hydrogen-bond acceptors (Lipinski definition) is 4. The van der Waals surface area contributed by atoms with Crippen molar-refractivity contribution in [1.29, 1.82) is 0 Å². The van der Waals surface area contributed by atoms with Gasteiger partial charge in [0.15, 0.2) is 5.96 Å². The Labute approximate surface area is 138 Å². The van der Waals surface area contributed by atoms with E-state index in [-0.39, 0.29) is 29.7 Å². The fourth-order valence-corrected chi connectivity index (χ4v) is 2.00. The van der Waals surface area contributed by atoms with Crippen LogP contribution in [0.4, 0.5) is 0 Å². The number of aliphatic imine (C=N–C) groups is 1. The minimum Gasteiger partial charge on any atom is -0.357 e. The van der Waals surface area contributed by atoms with Crippen molar-refractivity contribution in [2.75, 3.05) is 43.9 Å². The van der Waals surface area contributed by atoms with E-state index in [9.17, 15) is 8.42 Å². The Morgan fingerprint density at radius 1 is 1.21 bits per heavy atom. The van der Waals surface area contributed by atoms with Gasteiger partial charge >= 0.3 is 0 Å². The monoisotopic (exact) mass is 424 g/mol. The fourth-order valence-electron chi connectivity index (χ4n) is 1.08. The molecule has 0 amide bonds. The average Bonchev–Trinajstić information content (AvgIpc) is 2.35. The molecule has 0 aromatic rings. The van der Waals surface area contributed by atoms with E-state index in [2.05, 4.69) is 20.3 Å². The van der Waals surface area contributed by atoms with Crippen molar-refractivity contribution in [3.05, 3.63) is 0 Å². The van der Waals surface area contributed by atoms with Crippen LogP contribution in [0, 0.1) is 0 Å². The zero-order valence-corrected chi connectivity index (χ0v) is 15.7. The summed E-state index contributed by atoms with van der Waals surface area (Å²) in [5.74, 6) is 1.83. The van der Waals surface area contributed by atoms with Gasteiger partial charge in [-0.3, -0.25) is 4.99 Å². The first-order valence-corrected chi connectivity index (χ1v) is 9.08. The summed E-state index contributed by atoms with van der Waals surface area (Å²) >= 11 is 1.76. The van der Waals surface area contributed by atoms with E-state index in [0.717, 1.165) is 24.8 Å². The van der Waals surface area contributed by atoms with Crippen molar-refractivity contribution in [3.8, 4) is 0 Å². The highest BCUT2D eigenvalue weighted by atomic mass is 127. The van der Waals surface area contributed by atoms with Crippen LogP contribution in [0.1, 0.15) is 13.8 Å². The molecule has 0 fully saturated rings. The smallest absolute Gasteiger partial charge is 0.211 e. The van der Waals surface area contributed by atoms with Crippen molar-refractivity contribution in [1.82, 2.24) is 15.4 Å². The Balaban J connectivity index is 0. The number of rotatable bonds is 9. The SMILES string of the molecule is CCNC(=NCCNS(=O)(=O)CC)NCCSC.I. The summed E-state index contributed by atoms with van der Waals surface area (Å²) in [7, 11) is -3.11. The van der Waals surface area contributed by atoms with Crippen LogP contribution in [-0.4, -0.2) is 58.3 Å². The van der Waals surface area contributed by atoms with Gasteiger partial charge in [-0.1, -0.05) is 0 Å². The maximum Gasteiger partial charge on any atom is 0.211 e. The Hall–Kier alpha value is 0.260. The van der Waals surface area contributed by atoms with E-state index >= 15 is 0 Å². The number of nitrogens with zero attached hydrogens (tertiary/aromatic N) is 1. The van der Waals surface area contributed by atoms with Crippen LogP contribution >= 0.6 is 35.7 Å². The summed E-state index contributed by atoms with van der Waals surface area (Å²) in [6, 6.07) is 0. The van der Waals surface area contributed by atoms with Crippen LogP contribution in [0.5, 0.6) is 0 Å². The normalized spacial score (nSPS) is 11.8. The standard InChI is InChI=1S/C10H24N4O2S2.HI/c1-4-11-10(13-8-9-17-3)12-6-7-14-18(15,16)5-2;/h14H,4-9H2,1-3H3,(H2,11,12,13);1H. The lowest BCUT2D eigenvalue weighted by atomic mass is 10.6. The second kappa shape index (κ2) is 13.3. The molecule has 0 rings (SSSR count). The minimum absolute atomic E-state index is 0. The number of nitrogens with one attached hydrogen (secondary N) is 3. The van der Waals surface area contributed by atoms with Crippen molar-refractivity contribution < 1.29 is 8.42 Å². The third-order valence-corrected chi connectivity index (χ3v) is 4.04. The molecule has 0 saturated carbocycles.